The second kappa shape index (κ2) is 14.0. The van der Waals surface area contributed by atoms with Gasteiger partial charge in [-0.2, -0.15) is 0 Å². The zero-order chi connectivity index (χ0) is 31.9. The third kappa shape index (κ3) is 7.11. The summed E-state index contributed by atoms with van der Waals surface area (Å²) in [7, 11) is 1.66. The number of rotatable bonds is 8. The standard InChI is InChI=1S/C37H38N6O2/c1-24(2)29-13-7-14-30(25(3)4)33(29)41-37(45)42-34-32(31-15-9-19-40-35(31)43(5)36(34)44)28-12-6-10-26(22-28)11-8-18-39-23-27-16-20-38-21-17-27/h6-7,9-10,12-17,19-22,24-25,39H,18,23H2,1-5H3,(H2,41,42,45). The van der Waals surface area contributed by atoms with Gasteiger partial charge in [-0.15, -0.1) is 0 Å². The second-order valence-electron chi connectivity index (χ2n) is 11.5. The number of carbonyl (C=O) groups is 1. The zero-order valence-corrected chi connectivity index (χ0v) is 26.3. The number of aromatic nitrogens is 3. The van der Waals surface area contributed by atoms with Gasteiger partial charge in [-0.3, -0.25) is 14.3 Å². The van der Waals surface area contributed by atoms with E-state index in [2.05, 4.69) is 65.5 Å². The summed E-state index contributed by atoms with van der Waals surface area (Å²) in [6.45, 7) is 9.59. The third-order valence-corrected chi connectivity index (χ3v) is 7.67. The SMILES string of the molecule is CC(C)c1cccc(C(C)C)c1NC(=O)Nc1c(-c2cccc(C#CCNCc3ccncc3)c2)c2cccnc2n(C)c1=O. The lowest BCUT2D eigenvalue weighted by Gasteiger charge is -2.21. The number of hydrogen-bond acceptors (Lipinski definition) is 5. The monoisotopic (exact) mass is 598 g/mol. The molecular formula is C37H38N6O2. The van der Waals surface area contributed by atoms with Gasteiger partial charge < -0.3 is 16.0 Å². The van der Waals surface area contributed by atoms with Crippen LogP contribution in [-0.2, 0) is 13.6 Å². The number of aryl methyl sites for hydroxylation is 1. The number of benzene rings is 2. The van der Waals surface area contributed by atoms with Crippen molar-refractivity contribution < 1.29 is 4.79 Å². The molecule has 0 saturated heterocycles. The summed E-state index contributed by atoms with van der Waals surface area (Å²) in [6, 6.07) is 20.9. The van der Waals surface area contributed by atoms with Crippen LogP contribution in [0.15, 0.2) is 90.1 Å². The van der Waals surface area contributed by atoms with Gasteiger partial charge in [0.25, 0.3) is 5.56 Å². The Morgan fingerprint density at radius 2 is 1.56 bits per heavy atom. The quantitative estimate of drug-likeness (QED) is 0.132. The van der Waals surface area contributed by atoms with Gasteiger partial charge in [0.2, 0.25) is 0 Å². The molecule has 5 rings (SSSR count). The summed E-state index contributed by atoms with van der Waals surface area (Å²) in [5.74, 6) is 6.79. The molecule has 0 atom stereocenters. The lowest BCUT2D eigenvalue weighted by Crippen LogP contribution is -2.29. The summed E-state index contributed by atoms with van der Waals surface area (Å²) in [5, 5.41) is 10.1. The maximum Gasteiger partial charge on any atom is 0.323 e. The van der Waals surface area contributed by atoms with Crippen molar-refractivity contribution in [3.05, 3.63) is 118 Å². The van der Waals surface area contributed by atoms with Gasteiger partial charge in [-0.25, -0.2) is 9.78 Å². The van der Waals surface area contributed by atoms with E-state index in [1.807, 2.05) is 66.7 Å². The van der Waals surface area contributed by atoms with Crippen LogP contribution in [0, 0.1) is 11.8 Å². The molecular weight excluding hydrogens is 560 g/mol. The fourth-order valence-electron chi connectivity index (χ4n) is 5.40. The molecule has 0 aliphatic carbocycles. The molecule has 2 amide bonds. The van der Waals surface area contributed by atoms with E-state index in [9.17, 15) is 9.59 Å². The fraction of sp³-hybridized carbons (Fsp3) is 0.243. The molecule has 0 unspecified atom stereocenters. The fourth-order valence-corrected chi connectivity index (χ4v) is 5.40. The molecule has 0 radical (unpaired) electrons. The number of nitrogens with zero attached hydrogens (tertiary/aromatic N) is 3. The number of fused-ring (bicyclic) bond motifs is 1. The van der Waals surface area contributed by atoms with Crippen LogP contribution in [0.3, 0.4) is 0 Å². The van der Waals surface area contributed by atoms with Crippen LogP contribution in [0.5, 0.6) is 0 Å². The van der Waals surface area contributed by atoms with Crippen molar-refractivity contribution in [1.29, 1.82) is 0 Å². The molecule has 3 aromatic heterocycles. The molecule has 5 aromatic rings. The summed E-state index contributed by atoms with van der Waals surface area (Å²) < 4.78 is 1.47. The lowest BCUT2D eigenvalue weighted by atomic mass is 9.93. The highest BCUT2D eigenvalue weighted by Crippen LogP contribution is 2.35. The van der Waals surface area contributed by atoms with Gasteiger partial charge in [-0.1, -0.05) is 69.9 Å². The van der Waals surface area contributed by atoms with Crippen molar-refractivity contribution >= 4 is 28.4 Å². The largest absolute Gasteiger partial charge is 0.323 e. The molecule has 2 aromatic carbocycles. The Bertz CT molecular complexity index is 1930. The van der Waals surface area contributed by atoms with Crippen LogP contribution in [-0.4, -0.2) is 27.1 Å². The summed E-state index contributed by atoms with van der Waals surface area (Å²) in [5.41, 5.74) is 6.46. The molecule has 0 saturated carbocycles. The Balaban J connectivity index is 1.49. The van der Waals surface area contributed by atoms with Gasteiger partial charge in [0.1, 0.15) is 11.3 Å². The topological polar surface area (TPSA) is 101 Å². The average molecular weight is 599 g/mol. The number of pyridine rings is 3. The molecule has 0 bridgehead atoms. The van der Waals surface area contributed by atoms with Gasteiger partial charge >= 0.3 is 6.03 Å². The first-order chi connectivity index (χ1) is 21.7. The van der Waals surface area contributed by atoms with E-state index in [1.165, 1.54) is 4.57 Å². The average Bonchev–Trinajstić information content (AvgIpc) is 3.04. The molecule has 0 aliphatic heterocycles. The number of anilines is 2. The Morgan fingerprint density at radius 1 is 0.867 bits per heavy atom. The first kappa shape index (κ1) is 31.2. The summed E-state index contributed by atoms with van der Waals surface area (Å²) >= 11 is 0. The molecule has 8 heteroatoms. The molecule has 0 fully saturated rings. The molecule has 8 nitrogen and oxygen atoms in total. The van der Waals surface area contributed by atoms with E-state index in [0.29, 0.717) is 24.3 Å². The van der Waals surface area contributed by atoms with Crippen LogP contribution in [0.2, 0.25) is 0 Å². The minimum atomic E-state index is -0.484. The molecule has 3 N–H and O–H groups in total. The van der Waals surface area contributed by atoms with Gasteiger partial charge in [0, 0.05) is 54.4 Å². The van der Waals surface area contributed by atoms with Crippen LogP contribution in [0.25, 0.3) is 22.2 Å². The van der Waals surface area contributed by atoms with Crippen molar-refractivity contribution in [2.45, 2.75) is 46.1 Å². The van der Waals surface area contributed by atoms with E-state index >= 15 is 0 Å². The van der Waals surface area contributed by atoms with Crippen LogP contribution in [0.4, 0.5) is 16.2 Å². The highest BCUT2D eigenvalue weighted by atomic mass is 16.2. The lowest BCUT2D eigenvalue weighted by molar-refractivity contribution is 0.262. The second-order valence-corrected chi connectivity index (χ2v) is 11.5. The molecule has 228 valence electrons. The summed E-state index contributed by atoms with van der Waals surface area (Å²) in [4.78, 5) is 36.0. The van der Waals surface area contributed by atoms with Gasteiger partial charge in [0.15, 0.2) is 0 Å². The van der Waals surface area contributed by atoms with E-state index in [1.54, 1.807) is 25.6 Å². The van der Waals surface area contributed by atoms with E-state index in [0.717, 1.165) is 38.9 Å². The van der Waals surface area contributed by atoms with Gasteiger partial charge in [-0.05, 0) is 70.5 Å². The third-order valence-electron chi connectivity index (χ3n) is 7.67. The number of carbonyl (C=O) groups excluding carboxylic acids is 1. The van der Waals surface area contributed by atoms with Crippen molar-refractivity contribution in [2.75, 3.05) is 17.2 Å². The maximum absolute atomic E-state index is 13.8. The number of nitrogens with one attached hydrogen (secondary N) is 3. The van der Waals surface area contributed by atoms with E-state index in [-0.39, 0.29) is 23.1 Å². The first-order valence-electron chi connectivity index (χ1n) is 15.1. The van der Waals surface area contributed by atoms with Crippen molar-refractivity contribution in [2.24, 2.45) is 7.05 Å². The minimum Gasteiger partial charge on any atom is -0.307 e. The normalized spacial score (nSPS) is 11.0. The van der Waals surface area contributed by atoms with Crippen LogP contribution < -0.4 is 21.5 Å². The van der Waals surface area contributed by atoms with Gasteiger partial charge in [0.05, 0.1) is 6.54 Å². The highest BCUT2D eigenvalue weighted by molar-refractivity contribution is 6.07. The molecule has 3 heterocycles. The number of para-hydroxylation sites is 1. The van der Waals surface area contributed by atoms with Crippen molar-refractivity contribution in [3.8, 4) is 23.0 Å². The minimum absolute atomic E-state index is 0.174. The predicted molar refractivity (Wildman–Crippen MR) is 183 cm³/mol. The Hall–Kier alpha value is -5.26. The number of hydrogen-bond donors (Lipinski definition) is 3. The van der Waals surface area contributed by atoms with Crippen LogP contribution in [0.1, 0.15) is 61.8 Å². The highest BCUT2D eigenvalue weighted by Gasteiger charge is 2.21. The molecule has 0 spiro atoms. The number of urea groups is 1. The number of amides is 2. The molecule has 0 aliphatic rings. The van der Waals surface area contributed by atoms with Crippen LogP contribution >= 0.6 is 0 Å². The van der Waals surface area contributed by atoms with Crippen molar-refractivity contribution in [3.63, 3.8) is 0 Å². The first-order valence-corrected chi connectivity index (χ1v) is 15.1. The van der Waals surface area contributed by atoms with Crippen molar-refractivity contribution in [1.82, 2.24) is 19.9 Å². The van der Waals surface area contributed by atoms with E-state index < -0.39 is 6.03 Å². The zero-order valence-electron chi connectivity index (χ0n) is 26.3. The Kier molecular flexibility index (Phi) is 9.71. The van der Waals surface area contributed by atoms with E-state index in [4.69, 9.17) is 0 Å². The Morgan fingerprint density at radius 3 is 2.27 bits per heavy atom. The molecule has 45 heavy (non-hydrogen) atoms. The Labute approximate surface area is 264 Å². The smallest absolute Gasteiger partial charge is 0.307 e. The maximum atomic E-state index is 13.8. The summed E-state index contributed by atoms with van der Waals surface area (Å²) in [6.07, 6.45) is 5.19. The predicted octanol–water partition coefficient (Wildman–Crippen LogP) is 7.03.